The zero-order chi connectivity index (χ0) is 17.7. The van der Waals surface area contributed by atoms with Crippen molar-refractivity contribution >= 4 is 40.8 Å². The van der Waals surface area contributed by atoms with Crippen LogP contribution < -0.4 is 11.1 Å². The first kappa shape index (κ1) is 18.1. The number of amides is 1. The molecule has 0 saturated carbocycles. The minimum absolute atomic E-state index is 0.226. The molecule has 0 aliphatic rings. The summed E-state index contributed by atoms with van der Waals surface area (Å²) >= 11 is 11.9. The molecule has 0 spiro atoms. The van der Waals surface area contributed by atoms with Gasteiger partial charge in [-0.2, -0.15) is 0 Å². The Morgan fingerprint density at radius 2 is 1.88 bits per heavy atom. The monoisotopic (exact) mass is 366 g/mol. The van der Waals surface area contributed by atoms with Crippen LogP contribution in [0.4, 0.5) is 5.69 Å². The number of hydrogen-bond donors (Lipinski definition) is 2. The highest BCUT2D eigenvalue weighted by molar-refractivity contribution is 6.33. The smallest absolute Gasteiger partial charge is 0.338 e. The lowest BCUT2D eigenvalue weighted by molar-refractivity contribution is -0.124. The summed E-state index contributed by atoms with van der Waals surface area (Å²) < 4.78 is 4.97. The van der Waals surface area contributed by atoms with Gasteiger partial charge in [-0.15, -0.1) is 0 Å². The van der Waals surface area contributed by atoms with Gasteiger partial charge >= 0.3 is 5.97 Å². The van der Waals surface area contributed by atoms with Gasteiger partial charge in [0, 0.05) is 5.02 Å². The molecule has 0 aromatic heterocycles. The largest absolute Gasteiger partial charge is 0.452 e. The van der Waals surface area contributed by atoms with Gasteiger partial charge in [0.05, 0.1) is 22.3 Å². The van der Waals surface area contributed by atoms with Gasteiger partial charge < -0.3 is 15.8 Å². The van der Waals surface area contributed by atoms with Crippen LogP contribution in [0, 0.1) is 0 Å². The van der Waals surface area contributed by atoms with Crippen LogP contribution in [0.3, 0.4) is 0 Å². The van der Waals surface area contributed by atoms with Crippen LogP contribution in [-0.2, 0) is 9.53 Å². The number of carbonyl (C=O) groups is 2. The Bertz CT molecular complexity index is 765. The summed E-state index contributed by atoms with van der Waals surface area (Å²) in [5, 5.41) is 3.62. The van der Waals surface area contributed by atoms with E-state index < -0.39 is 18.5 Å². The fourth-order valence-electron chi connectivity index (χ4n) is 2.07. The molecule has 5 nitrogen and oxygen atoms in total. The second kappa shape index (κ2) is 8.04. The van der Waals surface area contributed by atoms with E-state index in [1.54, 1.807) is 19.1 Å². The Morgan fingerprint density at radius 1 is 1.17 bits per heavy atom. The molecule has 2 aromatic carbocycles. The van der Waals surface area contributed by atoms with Gasteiger partial charge in [0.25, 0.3) is 5.91 Å². The third-order valence-electron chi connectivity index (χ3n) is 3.32. The Morgan fingerprint density at radius 3 is 2.54 bits per heavy atom. The molecule has 2 rings (SSSR count). The number of halogens is 2. The summed E-state index contributed by atoms with van der Waals surface area (Å²) in [5.74, 6) is -1.09. The summed E-state index contributed by atoms with van der Waals surface area (Å²) in [6.07, 6.45) is 0. The molecule has 1 amide bonds. The fourth-order valence-corrected chi connectivity index (χ4v) is 2.49. The molecule has 0 aliphatic heterocycles. The molecule has 0 aliphatic carbocycles. The zero-order valence-electron chi connectivity index (χ0n) is 12.9. The highest BCUT2D eigenvalue weighted by atomic mass is 35.5. The number of benzene rings is 2. The Balaban J connectivity index is 1.89. The minimum atomic E-state index is -0.654. The molecular weight excluding hydrogens is 351 g/mol. The lowest BCUT2D eigenvalue weighted by Crippen LogP contribution is -2.31. The maximum Gasteiger partial charge on any atom is 0.338 e. The Hall–Kier alpha value is -2.24. The van der Waals surface area contributed by atoms with Gasteiger partial charge in [-0.3, -0.25) is 4.79 Å². The van der Waals surface area contributed by atoms with Gasteiger partial charge in [-0.25, -0.2) is 4.79 Å². The van der Waals surface area contributed by atoms with Crippen molar-refractivity contribution in [3.8, 4) is 0 Å². The average molecular weight is 367 g/mol. The van der Waals surface area contributed by atoms with E-state index in [1.807, 2.05) is 12.1 Å². The predicted molar refractivity (Wildman–Crippen MR) is 94.2 cm³/mol. The van der Waals surface area contributed by atoms with E-state index in [2.05, 4.69) is 5.32 Å². The number of carbonyl (C=O) groups excluding carboxylic acids is 2. The lowest BCUT2D eigenvalue weighted by atomic mass is 10.1. The number of anilines is 1. The van der Waals surface area contributed by atoms with Gasteiger partial charge in [0.1, 0.15) is 0 Å². The highest BCUT2D eigenvalue weighted by Crippen LogP contribution is 2.22. The van der Waals surface area contributed by atoms with Gasteiger partial charge in [0.2, 0.25) is 0 Å². The first-order valence-corrected chi connectivity index (χ1v) is 7.90. The lowest BCUT2D eigenvalue weighted by Gasteiger charge is -2.15. The normalized spacial score (nSPS) is 11.6. The molecule has 0 fully saturated rings. The number of ether oxygens (including phenoxy) is 1. The number of rotatable bonds is 5. The average Bonchev–Trinajstić information content (AvgIpc) is 2.55. The van der Waals surface area contributed by atoms with Crippen molar-refractivity contribution in [2.24, 2.45) is 0 Å². The number of esters is 1. The summed E-state index contributed by atoms with van der Waals surface area (Å²) in [4.78, 5) is 23.8. The molecule has 1 atom stereocenters. The van der Waals surface area contributed by atoms with Crippen LogP contribution in [0.15, 0.2) is 42.5 Å². The van der Waals surface area contributed by atoms with Gasteiger partial charge in [-0.05, 0) is 36.8 Å². The van der Waals surface area contributed by atoms with Crippen LogP contribution in [-0.4, -0.2) is 18.5 Å². The number of hydrogen-bond acceptors (Lipinski definition) is 4. The van der Waals surface area contributed by atoms with Crippen LogP contribution >= 0.6 is 23.2 Å². The second-order valence-electron chi connectivity index (χ2n) is 5.12. The van der Waals surface area contributed by atoms with Crippen LogP contribution in [0.2, 0.25) is 10.0 Å². The molecule has 126 valence electrons. The van der Waals surface area contributed by atoms with E-state index in [9.17, 15) is 9.59 Å². The van der Waals surface area contributed by atoms with Crippen LogP contribution in [0.25, 0.3) is 0 Å². The Kier molecular flexibility index (Phi) is 6.06. The van der Waals surface area contributed by atoms with Crippen LogP contribution in [0.5, 0.6) is 0 Å². The summed E-state index contributed by atoms with van der Waals surface area (Å²) in [5.41, 5.74) is 6.90. The topological polar surface area (TPSA) is 81.4 Å². The number of nitrogens with one attached hydrogen (secondary N) is 1. The van der Waals surface area contributed by atoms with Crippen molar-refractivity contribution in [1.29, 1.82) is 0 Å². The molecule has 24 heavy (non-hydrogen) atoms. The van der Waals surface area contributed by atoms with E-state index in [0.717, 1.165) is 5.56 Å². The first-order chi connectivity index (χ1) is 11.4. The second-order valence-corrected chi connectivity index (χ2v) is 5.94. The van der Waals surface area contributed by atoms with Crippen molar-refractivity contribution in [3.05, 3.63) is 63.6 Å². The third-order valence-corrected chi connectivity index (χ3v) is 4.00. The van der Waals surface area contributed by atoms with Gasteiger partial charge in [0.15, 0.2) is 6.61 Å². The minimum Gasteiger partial charge on any atom is -0.452 e. The van der Waals surface area contributed by atoms with Gasteiger partial charge in [-0.1, -0.05) is 41.4 Å². The quantitative estimate of drug-likeness (QED) is 0.625. The van der Waals surface area contributed by atoms with E-state index >= 15 is 0 Å². The SMILES string of the molecule is C[C@@H](NC(=O)COC(=O)c1ccc(Cl)c(N)c1)c1ccccc1Cl. The Labute approximate surface area is 149 Å². The zero-order valence-corrected chi connectivity index (χ0v) is 14.4. The summed E-state index contributed by atoms with van der Waals surface area (Å²) in [6.45, 7) is 1.39. The maximum absolute atomic E-state index is 11.9. The molecule has 2 aromatic rings. The van der Waals surface area contributed by atoms with E-state index in [0.29, 0.717) is 10.0 Å². The van der Waals surface area contributed by atoms with Crippen molar-refractivity contribution in [1.82, 2.24) is 5.32 Å². The van der Waals surface area contributed by atoms with Crippen LogP contribution in [0.1, 0.15) is 28.9 Å². The molecule has 3 N–H and O–H groups in total. The summed E-state index contributed by atoms with van der Waals surface area (Å²) in [6, 6.07) is 11.2. The number of nitrogen functional groups attached to an aromatic ring is 1. The van der Waals surface area contributed by atoms with E-state index in [-0.39, 0.29) is 17.3 Å². The predicted octanol–water partition coefficient (Wildman–Crippen LogP) is 3.61. The van der Waals surface area contributed by atoms with Crippen molar-refractivity contribution in [3.63, 3.8) is 0 Å². The summed E-state index contributed by atoms with van der Waals surface area (Å²) in [7, 11) is 0. The molecule has 0 radical (unpaired) electrons. The van der Waals surface area contributed by atoms with Crippen molar-refractivity contribution < 1.29 is 14.3 Å². The fraction of sp³-hybridized carbons (Fsp3) is 0.176. The van der Waals surface area contributed by atoms with E-state index in [4.69, 9.17) is 33.7 Å². The molecule has 0 unspecified atom stereocenters. The third kappa shape index (κ3) is 4.63. The van der Waals surface area contributed by atoms with Crippen molar-refractivity contribution in [2.45, 2.75) is 13.0 Å². The molecule has 0 heterocycles. The highest BCUT2D eigenvalue weighted by Gasteiger charge is 2.15. The number of nitrogens with two attached hydrogens (primary N) is 1. The maximum atomic E-state index is 11.9. The molecular formula is C17H16Cl2N2O3. The van der Waals surface area contributed by atoms with Crippen molar-refractivity contribution in [2.75, 3.05) is 12.3 Å². The first-order valence-electron chi connectivity index (χ1n) is 7.14. The standard InChI is InChI=1S/C17H16Cl2N2O3/c1-10(12-4-2-3-5-13(12)18)21-16(22)9-24-17(23)11-6-7-14(19)15(20)8-11/h2-8,10H,9,20H2,1H3,(H,21,22)/t10-/m1/s1. The van der Waals surface area contributed by atoms with E-state index in [1.165, 1.54) is 18.2 Å². The molecule has 7 heteroatoms. The molecule has 0 saturated heterocycles. The molecule has 0 bridgehead atoms.